The number of nitrogens with zero attached hydrogens (tertiary/aromatic N) is 2. The summed E-state index contributed by atoms with van der Waals surface area (Å²) >= 11 is 6.02. The van der Waals surface area contributed by atoms with Gasteiger partial charge in [-0.3, -0.25) is 4.68 Å². The molecule has 2 unspecified atom stereocenters. The van der Waals surface area contributed by atoms with Crippen LogP contribution in [0.3, 0.4) is 0 Å². The standard InChI is InChI=1S/C13H21ClN2O/c1-13(2,3)12-10(8-16(4)15-12)11-9(7-14)5-6-17-11/h8-9,11H,5-7H2,1-4H3. The monoisotopic (exact) mass is 256 g/mol. The van der Waals surface area contributed by atoms with Gasteiger partial charge in [0.15, 0.2) is 0 Å². The molecule has 96 valence electrons. The Hall–Kier alpha value is -0.540. The van der Waals surface area contributed by atoms with Gasteiger partial charge in [0.1, 0.15) is 0 Å². The van der Waals surface area contributed by atoms with Gasteiger partial charge >= 0.3 is 0 Å². The maximum Gasteiger partial charge on any atom is 0.0898 e. The van der Waals surface area contributed by atoms with Crippen LogP contribution in [0.25, 0.3) is 0 Å². The first-order chi connectivity index (χ1) is 7.93. The van der Waals surface area contributed by atoms with Crippen molar-refractivity contribution in [2.75, 3.05) is 12.5 Å². The van der Waals surface area contributed by atoms with E-state index in [4.69, 9.17) is 16.3 Å². The van der Waals surface area contributed by atoms with Gasteiger partial charge in [0.2, 0.25) is 0 Å². The molecule has 17 heavy (non-hydrogen) atoms. The number of hydrogen-bond donors (Lipinski definition) is 0. The van der Waals surface area contributed by atoms with Crippen molar-refractivity contribution >= 4 is 11.6 Å². The first kappa shape index (κ1) is 12.9. The minimum absolute atomic E-state index is 0.0411. The van der Waals surface area contributed by atoms with Gasteiger partial charge in [0, 0.05) is 42.6 Å². The zero-order chi connectivity index (χ0) is 12.6. The van der Waals surface area contributed by atoms with Crippen molar-refractivity contribution in [3.63, 3.8) is 0 Å². The van der Waals surface area contributed by atoms with Crippen molar-refractivity contribution in [2.45, 2.75) is 38.7 Å². The third kappa shape index (κ3) is 2.50. The molecule has 0 N–H and O–H groups in total. The molecular weight excluding hydrogens is 236 g/mol. The Bertz CT molecular complexity index is 395. The SMILES string of the molecule is Cn1cc(C2OCCC2CCl)c(C(C)(C)C)n1. The molecule has 2 atom stereocenters. The molecule has 1 saturated heterocycles. The molecule has 0 radical (unpaired) electrons. The molecule has 0 spiro atoms. The predicted octanol–water partition coefficient (Wildman–Crippen LogP) is 3.03. The van der Waals surface area contributed by atoms with Crippen molar-refractivity contribution < 1.29 is 4.74 Å². The maximum absolute atomic E-state index is 6.02. The first-order valence-corrected chi connectivity index (χ1v) is 6.68. The molecule has 1 aliphatic heterocycles. The van der Waals surface area contributed by atoms with Gasteiger partial charge in [-0.05, 0) is 6.42 Å². The van der Waals surface area contributed by atoms with Gasteiger partial charge in [0.25, 0.3) is 0 Å². The summed E-state index contributed by atoms with van der Waals surface area (Å²) in [5.41, 5.74) is 2.38. The molecule has 1 aromatic heterocycles. The molecule has 2 rings (SSSR count). The molecule has 4 heteroatoms. The van der Waals surface area contributed by atoms with E-state index in [1.165, 1.54) is 5.56 Å². The molecule has 1 fully saturated rings. The highest BCUT2D eigenvalue weighted by Crippen LogP contribution is 2.39. The summed E-state index contributed by atoms with van der Waals surface area (Å²) in [4.78, 5) is 0. The van der Waals surface area contributed by atoms with Crippen LogP contribution in [0.1, 0.15) is 44.6 Å². The second-order valence-corrected chi connectivity index (χ2v) is 6.16. The summed E-state index contributed by atoms with van der Waals surface area (Å²) in [5, 5.41) is 4.59. The highest BCUT2D eigenvalue weighted by molar-refractivity contribution is 6.18. The molecule has 1 aliphatic rings. The molecule has 3 nitrogen and oxygen atoms in total. The Morgan fingerprint density at radius 2 is 2.24 bits per heavy atom. The zero-order valence-electron chi connectivity index (χ0n) is 11.0. The molecule has 0 saturated carbocycles. The summed E-state index contributed by atoms with van der Waals surface area (Å²) in [6.07, 6.45) is 3.25. The van der Waals surface area contributed by atoms with Gasteiger partial charge in [-0.2, -0.15) is 5.10 Å². The van der Waals surface area contributed by atoms with E-state index in [9.17, 15) is 0 Å². The third-order valence-electron chi connectivity index (χ3n) is 3.29. The quantitative estimate of drug-likeness (QED) is 0.761. The lowest BCUT2D eigenvalue weighted by atomic mass is 9.86. The van der Waals surface area contributed by atoms with Gasteiger partial charge in [-0.15, -0.1) is 11.6 Å². The van der Waals surface area contributed by atoms with E-state index in [1.807, 2.05) is 11.7 Å². The van der Waals surface area contributed by atoms with Gasteiger partial charge in [-0.1, -0.05) is 20.8 Å². The van der Waals surface area contributed by atoms with Crippen molar-refractivity contribution in [3.05, 3.63) is 17.5 Å². The number of alkyl halides is 1. The molecule has 1 aromatic rings. The van der Waals surface area contributed by atoms with E-state index in [0.717, 1.165) is 18.7 Å². The predicted molar refractivity (Wildman–Crippen MR) is 69.4 cm³/mol. The van der Waals surface area contributed by atoms with Crippen LogP contribution in [-0.2, 0) is 17.2 Å². The number of hydrogen-bond acceptors (Lipinski definition) is 2. The smallest absolute Gasteiger partial charge is 0.0898 e. The van der Waals surface area contributed by atoms with E-state index >= 15 is 0 Å². The fourth-order valence-corrected chi connectivity index (χ4v) is 2.75. The van der Waals surface area contributed by atoms with E-state index < -0.39 is 0 Å². The fourth-order valence-electron chi connectivity index (χ4n) is 2.43. The number of rotatable bonds is 2. The normalized spacial score (nSPS) is 25.5. The van der Waals surface area contributed by atoms with Crippen molar-refractivity contribution in [1.29, 1.82) is 0 Å². The van der Waals surface area contributed by atoms with Gasteiger partial charge in [-0.25, -0.2) is 0 Å². The zero-order valence-corrected chi connectivity index (χ0v) is 11.8. The lowest BCUT2D eigenvalue weighted by molar-refractivity contribution is 0.0936. The molecule has 0 amide bonds. The topological polar surface area (TPSA) is 27.1 Å². The Balaban J connectivity index is 2.38. The number of aryl methyl sites for hydroxylation is 1. The third-order valence-corrected chi connectivity index (χ3v) is 3.68. The minimum Gasteiger partial charge on any atom is -0.373 e. The van der Waals surface area contributed by atoms with Crippen LogP contribution in [0.4, 0.5) is 0 Å². The average Bonchev–Trinajstić information content (AvgIpc) is 2.81. The van der Waals surface area contributed by atoms with Crippen LogP contribution >= 0.6 is 11.6 Å². The molecule has 0 bridgehead atoms. The number of ether oxygens (including phenoxy) is 1. The van der Waals surface area contributed by atoms with Crippen LogP contribution in [0.2, 0.25) is 0 Å². The van der Waals surface area contributed by atoms with E-state index in [1.54, 1.807) is 0 Å². The summed E-state index contributed by atoms with van der Waals surface area (Å²) in [6, 6.07) is 0. The van der Waals surface area contributed by atoms with Crippen LogP contribution < -0.4 is 0 Å². The lowest BCUT2D eigenvalue weighted by Crippen LogP contribution is -2.18. The van der Waals surface area contributed by atoms with E-state index in [-0.39, 0.29) is 11.5 Å². The fraction of sp³-hybridized carbons (Fsp3) is 0.769. The Morgan fingerprint density at radius 1 is 1.53 bits per heavy atom. The molecular formula is C13H21ClN2O. The summed E-state index contributed by atoms with van der Waals surface area (Å²) in [7, 11) is 1.96. The summed E-state index contributed by atoms with van der Waals surface area (Å²) in [5.74, 6) is 1.07. The van der Waals surface area contributed by atoms with Gasteiger partial charge < -0.3 is 4.74 Å². The average molecular weight is 257 g/mol. The summed E-state index contributed by atoms with van der Waals surface area (Å²) < 4.78 is 7.73. The molecule has 2 heterocycles. The lowest BCUT2D eigenvalue weighted by Gasteiger charge is -2.22. The molecule has 0 aliphatic carbocycles. The summed E-state index contributed by atoms with van der Waals surface area (Å²) in [6.45, 7) is 7.36. The number of halogens is 1. The Labute approximate surface area is 108 Å². The van der Waals surface area contributed by atoms with Crippen LogP contribution in [0, 0.1) is 5.92 Å². The van der Waals surface area contributed by atoms with E-state index in [2.05, 4.69) is 32.1 Å². The van der Waals surface area contributed by atoms with Crippen molar-refractivity contribution in [1.82, 2.24) is 9.78 Å². The Kier molecular flexibility index (Phi) is 3.50. The minimum atomic E-state index is 0.0411. The maximum atomic E-state index is 6.02. The van der Waals surface area contributed by atoms with E-state index in [0.29, 0.717) is 11.8 Å². The second-order valence-electron chi connectivity index (χ2n) is 5.85. The molecule has 0 aromatic carbocycles. The first-order valence-electron chi connectivity index (χ1n) is 6.15. The van der Waals surface area contributed by atoms with Crippen LogP contribution in [0.15, 0.2) is 6.20 Å². The number of aromatic nitrogens is 2. The van der Waals surface area contributed by atoms with Crippen LogP contribution in [-0.4, -0.2) is 22.3 Å². The van der Waals surface area contributed by atoms with Crippen molar-refractivity contribution in [3.8, 4) is 0 Å². The highest BCUT2D eigenvalue weighted by Gasteiger charge is 2.34. The second kappa shape index (κ2) is 4.62. The van der Waals surface area contributed by atoms with Crippen molar-refractivity contribution in [2.24, 2.45) is 13.0 Å². The Morgan fingerprint density at radius 3 is 2.82 bits per heavy atom. The van der Waals surface area contributed by atoms with Crippen LogP contribution in [0.5, 0.6) is 0 Å². The van der Waals surface area contributed by atoms with Gasteiger partial charge in [0.05, 0.1) is 11.8 Å². The highest BCUT2D eigenvalue weighted by atomic mass is 35.5. The largest absolute Gasteiger partial charge is 0.373 e.